The van der Waals surface area contributed by atoms with Crippen LogP contribution in [-0.2, 0) is 6.61 Å². The van der Waals surface area contributed by atoms with Gasteiger partial charge in [0.1, 0.15) is 0 Å². The number of aliphatic hydroxyl groups is 1. The summed E-state index contributed by atoms with van der Waals surface area (Å²) in [7, 11) is 0. The second kappa shape index (κ2) is 6.77. The van der Waals surface area contributed by atoms with Gasteiger partial charge in [-0.25, -0.2) is 0 Å². The van der Waals surface area contributed by atoms with Crippen LogP contribution in [0, 0.1) is 0 Å². The zero-order valence-corrected chi connectivity index (χ0v) is 10.7. The molecule has 0 heterocycles. The average Bonchev–Trinajstić information content (AvgIpc) is 2.29. The third-order valence-electron chi connectivity index (χ3n) is 2.61. The molecule has 1 unspecified atom stereocenters. The standard InChI is InChI=1S/C13H20ClNO/c1-3-4-5-10(2)15-13-8-11(9-16)6-7-12(13)14/h6-8,10,15-16H,3-5,9H2,1-2H3. The van der Waals surface area contributed by atoms with Gasteiger partial charge in [-0.2, -0.15) is 0 Å². The summed E-state index contributed by atoms with van der Waals surface area (Å²) in [5.74, 6) is 0. The fraction of sp³-hybridized carbons (Fsp3) is 0.538. The zero-order chi connectivity index (χ0) is 12.0. The monoisotopic (exact) mass is 241 g/mol. The molecule has 1 aromatic carbocycles. The highest BCUT2D eigenvalue weighted by molar-refractivity contribution is 6.33. The Labute approximate surface area is 103 Å². The molecule has 0 aromatic heterocycles. The van der Waals surface area contributed by atoms with Crippen molar-refractivity contribution < 1.29 is 5.11 Å². The number of aliphatic hydroxyl groups excluding tert-OH is 1. The van der Waals surface area contributed by atoms with E-state index in [-0.39, 0.29) is 6.61 Å². The van der Waals surface area contributed by atoms with Gasteiger partial charge in [0.2, 0.25) is 0 Å². The summed E-state index contributed by atoms with van der Waals surface area (Å²) < 4.78 is 0. The number of anilines is 1. The number of unbranched alkanes of at least 4 members (excludes halogenated alkanes) is 1. The predicted octanol–water partition coefficient (Wildman–Crippen LogP) is 3.82. The van der Waals surface area contributed by atoms with Crippen LogP contribution >= 0.6 is 11.6 Å². The van der Waals surface area contributed by atoms with Crippen molar-refractivity contribution in [3.05, 3.63) is 28.8 Å². The minimum absolute atomic E-state index is 0.0508. The summed E-state index contributed by atoms with van der Waals surface area (Å²) in [5.41, 5.74) is 1.80. The molecule has 0 amide bonds. The van der Waals surface area contributed by atoms with Crippen molar-refractivity contribution >= 4 is 17.3 Å². The largest absolute Gasteiger partial charge is 0.392 e. The number of hydrogen-bond donors (Lipinski definition) is 2. The second-order valence-corrected chi connectivity index (χ2v) is 4.57. The van der Waals surface area contributed by atoms with Crippen molar-refractivity contribution in [1.82, 2.24) is 0 Å². The summed E-state index contributed by atoms with van der Waals surface area (Å²) in [4.78, 5) is 0. The Balaban J connectivity index is 2.64. The van der Waals surface area contributed by atoms with Crippen molar-refractivity contribution in [1.29, 1.82) is 0 Å². The Morgan fingerprint density at radius 3 is 2.81 bits per heavy atom. The van der Waals surface area contributed by atoms with Gasteiger partial charge in [-0.3, -0.25) is 0 Å². The maximum Gasteiger partial charge on any atom is 0.0682 e. The van der Waals surface area contributed by atoms with Crippen LogP contribution in [-0.4, -0.2) is 11.1 Å². The normalized spacial score (nSPS) is 12.5. The topological polar surface area (TPSA) is 32.3 Å². The molecule has 1 atom stereocenters. The van der Waals surface area contributed by atoms with Crippen LogP contribution in [0.15, 0.2) is 18.2 Å². The van der Waals surface area contributed by atoms with Gasteiger partial charge < -0.3 is 10.4 Å². The maximum atomic E-state index is 9.06. The van der Waals surface area contributed by atoms with Gasteiger partial charge in [-0.05, 0) is 31.0 Å². The number of nitrogens with one attached hydrogen (secondary N) is 1. The first-order valence-electron chi connectivity index (χ1n) is 5.83. The van der Waals surface area contributed by atoms with Gasteiger partial charge >= 0.3 is 0 Å². The van der Waals surface area contributed by atoms with Crippen molar-refractivity contribution in [3.63, 3.8) is 0 Å². The molecule has 3 heteroatoms. The van der Waals surface area contributed by atoms with E-state index in [0.717, 1.165) is 17.7 Å². The summed E-state index contributed by atoms with van der Waals surface area (Å²) in [6, 6.07) is 5.98. The van der Waals surface area contributed by atoms with E-state index < -0.39 is 0 Å². The van der Waals surface area contributed by atoms with E-state index in [1.165, 1.54) is 12.8 Å². The Morgan fingerprint density at radius 1 is 1.44 bits per heavy atom. The number of benzene rings is 1. The molecule has 0 saturated carbocycles. The molecule has 0 saturated heterocycles. The first kappa shape index (κ1) is 13.3. The van der Waals surface area contributed by atoms with Crippen LogP contribution in [0.4, 0.5) is 5.69 Å². The van der Waals surface area contributed by atoms with Crippen molar-refractivity contribution in [2.24, 2.45) is 0 Å². The predicted molar refractivity (Wildman–Crippen MR) is 70.0 cm³/mol. The summed E-state index contributed by atoms with van der Waals surface area (Å²) in [5, 5.41) is 13.1. The molecule has 1 rings (SSSR count). The summed E-state index contributed by atoms with van der Waals surface area (Å²) >= 11 is 6.09. The second-order valence-electron chi connectivity index (χ2n) is 4.16. The van der Waals surface area contributed by atoms with E-state index in [0.29, 0.717) is 11.1 Å². The smallest absolute Gasteiger partial charge is 0.0682 e. The Kier molecular flexibility index (Phi) is 5.64. The highest BCUT2D eigenvalue weighted by Crippen LogP contribution is 2.24. The third-order valence-corrected chi connectivity index (χ3v) is 2.94. The fourth-order valence-corrected chi connectivity index (χ4v) is 1.80. The fourth-order valence-electron chi connectivity index (χ4n) is 1.63. The molecule has 0 fully saturated rings. The van der Waals surface area contributed by atoms with E-state index in [1.807, 2.05) is 18.2 Å². The molecule has 16 heavy (non-hydrogen) atoms. The van der Waals surface area contributed by atoms with Crippen molar-refractivity contribution in [2.45, 2.75) is 45.8 Å². The number of halogens is 1. The highest BCUT2D eigenvalue weighted by atomic mass is 35.5. The lowest BCUT2D eigenvalue weighted by atomic mass is 10.1. The zero-order valence-electron chi connectivity index (χ0n) is 9.96. The van der Waals surface area contributed by atoms with E-state index >= 15 is 0 Å². The van der Waals surface area contributed by atoms with E-state index in [1.54, 1.807) is 0 Å². The van der Waals surface area contributed by atoms with E-state index in [2.05, 4.69) is 19.2 Å². The average molecular weight is 242 g/mol. The molecule has 0 radical (unpaired) electrons. The van der Waals surface area contributed by atoms with Crippen LogP contribution in [0.25, 0.3) is 0 Å². The van der Waals surface area contributed by atoms with Gasteiger partial charge in [-0.15, -0.1) is 0 Å². The quantitative estimate of drug-likeness (QED) is 0.794. The van der Waals surface area contributed by atoms with Gasteiger partial charge in [0.05, 0.1) is 17.3 Å². The molecule has 2 N–H and O–H groups in total. The molecule has 0 bridgehead atoms. The summed E-state index contributed by atoms with van der Waals surface area (Å²) in [6.07, 6.45) is 3.55. The van der Waals surface area contributed by atoms with Crippen LogP contribution in [0.5, 0.6) is 0 Å². The van der Waals surface area contributed by atoms with Crippen LogP contribution in [0.1, 0.15) is 38.7 Å². The minimum Gasteiger partial charge on any atom is -0.392 e. The lowest BCUT2D eigenvalue weighted by molar-refractivity contribution is 0.282. The first-order valence-corrected chi connectivity index (χ1v) is 6.21. The molecular weight excluding hydrogens is 222 g/mol. The molecule has 0 spiro atoms. The summed E-state index contributed by atoms with van der Waals surface area (Å²) in [6.45, 7) is 4.39. The first-order chi connectivity index (χ1) is 7.67. The Bertz CT molecular complexity index is 328. The van der Waals surface area contributed by atoms with Crippen LogP contribution in [0.2, 0.25) is 5.02 Å². The molecule has 1 aromatic rings. The highest BCUT2D eigenvalue weighted by Gasteiger charge is 2.05. The lowest BCUT2D eigenvalue weighted by Crippen LogP contribution is -2.15. The van der Waals surface area contributed by atoms with Crippen LogP contribution in [0.3, 0.4) is 0 Å². The van der Waals surface area contributed by atoms with Gasteiger partial charge in [0, 0.05) is 6.04 Å². The third kappa shape index (κ3) is 4.03. The molecule has 2 nitrogen and oxygen atoms in total. The van der Waals surface area contributed by atoms with Crippen molar-refractivity contribution in [2.75, 3.05) is 5.32 Å². The SMILES string of the molecule is CCCCC(C)Nc1cc(CO)ccc1Cl. The van der Waals surface area contributed by atoms with E-state index in [4.69, 9.17) is 16.7 Å². The Morgan fingerprint density at radius 2 is 2.19 bits per heavy atom. The molecular formula is C13H20ClNO. The molecule has 0 aliphatic carbocycles. The minimum atomic E-state index is 0.0508. The van der Waals surface area contributed by atoms with Gasteiger partial charge in [0.15, 0.2) is 0 Å². The Hall–Kier alpha value is -0.730. The van der Waals surface area contributed by atoms with Gasteiger partial charge in [-0.1, -0.05) is 37.4 Å². The van der Waals surface area contributed by atoms with E-state index in [9.17, 15) is 0 Å². The lowest BCUT2D eigenvalue weighted by Gasteiger charge is -2.16. The van der Waals surface area contributed by atoms with Crippen molar-refractivity contribution in [3.8, 4) is 0 Å². The molecule has 0 aliphatic rings. The number of rotatable bonds is 6. The molecule has 0 aliphatic heterocycles. The van der Waals surface area contributed by atoms with Crippen LogP contribution < -0.4 is 5.32 Å². The molecule has 90 valence electrons. The maximum absolute atomic E-state index is 9.06. The van der Waals surface area contributed by atoms with Gasteiger partial charge in [0.25, 0.3) is 0 Å². The number of hydrogen-bond acceptors (Lipinski definition) is 2.